The maximum absolute atomic E-state index is 14.1. The Hall–Kier alpha value is -3.85. The van der Waals surface area contributed by atoms with Gasteiger partial charge in [0.2, 0.25) is 0 Å². The van der Waals surface area contributed by atoms with Gasteiger partial charge in [0.25, 0.3) is 5.56 Å². The number of anilines is 1. The number of H-pyrrole nitrogens is 1. The second-order valence-electron chi connectivity index (χ2n) is 7.35. The number of aromatic amines is 1. The molecular weight excluding hydrogens is 445 g/mol. The van der Waals surface area contributed by atoms with Gasteiger partial charge in [0, 0.05) is 11.4 Å². The van der Waals surface area contributed by atoms with E-state index >= 15 is 0 Å². The molecule has 0 amide bonds. The van der Waals surface area contributed by atoms with Gasteiger partial charge in [0.05, 0.1) is 17.5 Å². The molecule has 0 aliphatic carbocycles. The van der Waals surface area contributed by atoms with Crippen molar-refractivity contribution in [3.05, 3.63) is 81.6 Å². The van der Waals surface area contributed by atoms with Gasteiger partial charge in [-0.05, 0) is 43.2 Å². The summed E-state index contributed by atoms with van der Waals surface area (Å²) in [5.41, 5.74) is 8.28. The third-order valence-corrected chi connectivity index (χ3v) is 5.46. The van der Waals surface area contributed by atoms with Crippen LogP contribution in [0.3, 0.4) is 0 Å². The van der Waals surface area contributed by atoms with Crippen LogP contribution in [0.4, 0.5) is 10.2 Å². The average Bonchev–Trinajstić information content (AvgIpc) is 3.27. The van der Waals surface area contributed by atoms with Gasteiger partial charge in [0.1, 0.15) is 28.9 Å². The highest BCUT2D eigenvalue weighted by molar-refractivity contribution is 6.31. The van der Waals surface area contributed by atoms with Gasteiger partial charge in [0.15, 0.2) is 11.5 Å². The molecule has 0 atom stereocenters. The standard InChI is InChI=1S/C18H16ClFN2O.C5H5N5/c1-3-5-16-21-15-7-4-6-14(20)17(15)18(23)22(16)12-9-8-11(2)13(19)10-12;6-4-3-5(9-1-7-3)10-2-8-4/h4,6-10H,3,5H2,1-2H3;1-2H,(H3,6,7,8,9,10). The summed E-state index contributed by atoms with van der Waals surface area (Å²) >= 11 is 6.19. The molecule has 5 rings (SSSR count). The van der Waals surface area contributed by atoms with E-state index in [0.29, 0.717) is 45.5 Å². The number of aryl methyl sites for hydroxylation is 2. The quantitative estimate of drug-likeness (QED) is 0.408. The molecule has 3 heterocycles. The Kier molecular flexibility index (Phi) is 6.32. The van der Waals surface area contributed by atoms with Gasteiger partial charge in [-0.2, -0.15) is 0 Å². The summed E-state index contributed by atoms with van der Waals surface area (Å²) in [6, 6.07) is 9.85. The number of rotatable bonds is 3. The lowest BCUT2D eigenvalue weighted by Crippen LogP contribution is -2.24. The largest absolute Gasteiger partial charge is 0.382 e. The zero-order valence-corrected chi connectivity index (χ0v) is 18.8. The van der Waals surface area contributed by atoms with E-state index in [1.807, 2.05) is 19.9 Å². The third kappa shape index (κ3) is 4.40. The summed E-state index contributed by atoms with van der Waals surface area (Å²) in [5.74, 6) is 0.480. The van der Waals surface area contributed by atoms with E-state index in [1.54, 1.807) is 24.3 Å². The summed E-state index contributed by atoms with van der Waals surface area (Å²) in [7, 11) is 0. The van der Waals surface area contributed by atoms with Crippen LogP contribution in [0.5, 0.6) is 0 Å². The Morgan fingerprint density at radius 2 is 2.00 bits per heavy atom. The molecule has 2 aromatic carbocycles. The van der Waals surface area contributed by atoms with Crippen molar-refractivity contribution < 1.29 is 4.39 Å². The van der Waals surface area contributed by atoms with Crippen molar-refractivity contribution in [3.63, 3.8) is 0 Å². The summed E-state index contributed by atoms with van der Waals surface area (Å²) in [4.78, 5) is 31.7. The van der Waals surface area contributed by atoms with E-state index in [1.165, 1.54) is 23.3 Å². The van der Waals surface area contributed by atoms with Crippen molar-refractivity contribution in [3.8, 4) is 5.69 Å². The molecule has 0 spiro atoms. The van der Waals surface area contributed by atoms with E-state index in [9.17, 15) is 9.18 Å². The number of nitrogen functional groups attached to an aromatic ring is 1. The van der Waals surface area contributed by atoms with Crippen molar-refractivity contribution in [2.24, 2.45) is 0 Å². The summed E-state index contributed by atoms with van der Waals surface area (Å²) < 4.78 is 15.6. The van der Waals surface area contributed by atoms with Gasteiger partial charge in [-0.3, -0.25) is 9.36 Å². The van der Waals surface area contributed by atoms with Crippen LogP contribution < -0.4 is 11.3 Å². The minimum Gasteiger partial charge on any atom is -0.382 e. The normalized spacial score (nSPS) is 10.9. The number of fused-ring (bicyclic) bond motifs is 2. The number of nitrogens with one attached hydrogen (secondary N) is 1. The molecule has 10 heteroatoms. The first-order valence-electron chi connectivity index (χ1n) is 10.3. The molecule has 0 aliphatic rings. The van der Waals surface area contributed by atoms with Crippen molar-refractivity contribution >= 4 is 39.5 Å². The lowest BCUT2D eigenvalue weighted by Gasteiger charge is -2.14. The maximum atomic E-state index is 14.1. The van der Waals surface area contributed by atoms with Crippen molar-refractivity contribution in [1.29, 1.82) is 0 Å². The van der Waals surface area contributed by atoms with Crippen LogP contribution in [0.25, 0.3) is 27.8 Å². The molecule has 0 saturated heterocycles. The maximum Gasteiger partial charge on any atom is 0.268 e. The second kappa shape index (κ2) is 9.33. The van der Waals surface area contributed by atoms with Crippen molar-refractivity contribution in [2.75, 3.05) is 5.73 Å². The first-order valence-corrected chi connectivity index (χ1v) is 10.6. The van der Waals surface area contributed by atoms with Crippen LogP contribution in [-0.4, -0.2) is 29.5 Å². The van der Waals surface area contributed by atoms with Crippen LogP contribution in [0.1, 0.15) is 24.7 Å². The van der Waals surface area contributed by atoms with Gasteiger partial charge in [-0.15, -0.1) is 0 Å². The molecule has 168 valence electrons. The fraction of sp³-hybridized carbons (Fsp3) is 0.174. The van der Waals surface area contributed by atoms with E-state index < -0.39 is 11.4 Å². The van der Waals surface area contributed by atoms with Crippen LogP contribution in [0.15, 0.2) is 53.8 Å². The van der Waals surface area contributed by atoms with Crippen LogP contribution in [0.2, 0.25) is 5.02 Å². The molecule has 0 saturated carbocycles. The first kappa shape index (κ1) is 22.3. The minimum atomic E-state index is -0.560. The molecule has 33 heavy (non-hydrogen) atoms. The van der Waals surface area contributed by atoms with Crippen molar-refractivity contribution in [2.45, 2.75) is 26.7 Å². The Morgan fingerprint density at radius 1 is 1.18 bits per heavy atom. The molecule has 3 aromatic heterocycles. The van der Waals surface area contributed by atoms with Crippen molar-refractivity contribution in [1.82, 2.24) is 29.5 Å². The number of hydrogen-bond donors (Lipinski definition) is 2. The number of hydrogen-bond acceptors (Lipinski definition) is 6. The highest BCUT2D eigenvalue weighted by atomic mass is 35.5. The molecule has 0 unspecified atom stereocenters. The minimum absolute atomic E-state index is 0.00375. The van der Waals surface area contributed by atoms with E-state index in [-0.39, 0.29) is 5.39 Å². The molecule has 0 bridgehead atoms. The van der Waals surface area contributed by atoms with E-state index in [2.05, 4.69) is 24.9 Å². The lowest BCUT2D eigenvalue weighted by molar-refractivity contribution is 0.636. The summed E-state index contributed by atoms with van der Waals surface area (Å²) in [5, 5.41) is 0.564. The second-order valence-corrected chi connectivity index (χ2v) is 7.75. The Bertz CT molecular complexity index is 1510. The Labute approximate surface area is 193 Å². The third-order valence-electron chi connectivity index (χ3n) is 5.06. The molecule has 0 radical (unpaired) electrons. The zero-order valence-electron chi connectivity index (χ0n) is 18.0. The fourth-order valence-electron chi connectivity index (χ4n) is 3.40. The number of nitrogens with zero attached hydrogens (tertiary/aromatic N) is 5. The van der Waals surface area contributed by atoms with E-state index in [0.717, 1.165) is 12.0 Å². The van der Waals surface area contributed by atoms with Gasteiger partial charge >= 0.3 is 0 Å². The SMILES string of the molecule is CCCc1nc2cccc(F)c2c(=O)n1-c1ccc(C)c(Cl)c1.Nc1ncnc2nc[nH]c12. The van der Waals surface area contributed by atoms with Gasteiger partial charge < -0.3 is 10.7 Å². The van der Waals surface area contributed by atoms with Gasteiger partial charge in [-0.25, -0.2) is 24.3 Å². The number of imidazole rings is 1. The Balaban J connectivity index is 0.000000214. The smallest absolute Gasteiger partial charge is 0.268 e. The predicted molar refractivity (Wildman–Crippen MR) is 127 cm³/mol. The fourth-order valence-corrected chi connectivity index (χ4v) is 3.57. The predicted octanol–water partition coefficient (Wildman–Crippen LogP) is 4.37. The monoisotopic (exact) mass is 465 g/mol. The first-order chi connectivity index (χ1) is 15.9. The number of halogens is 2. The van der Waals surface area contributed by atoms with Gasteiger partial charge in [-0.1, -0.05) is 30.7 Å². The number of aromatic nitrogens is 6. The molecular formula is C23H21ClFN7O. The highest BCUT2D eigenvalue weighted by Crippen LogP contribution is 2.21. The molecule has 5 aromatic rings. The number of nitrogens with two attached hydrogens (primary N) is 1. The topological polar surface area (TPSA) is 115 Å². The lowest BCUT2D eigenvalue weighted by atomic mass is 10.2. The van der Waals surface area contributed by atoms with Crippen LogP contribution in [0, 0.1) is 12.7 Å². The molecule has 0 aliphatic heterocycles. The Morgan fingerprint density at radius 3 is 2.73 bits per heavy atom. The molecule has 3 N–H and O–H groups in total. The number of benzene rings is 2. The van der Waals surface area contributed by atoms with Crippen LogP contribution >= 0.6 is 11.6 Å². The zero-order chi connectivity index (χ0) is 23.5. The summed E-state index contributed by atoms with van der Waals surface area (Å²) in [6.07, 6.45) is 4.37. The summed E-state index contributed by atoms with van der Waals surface area (Å²) in [6.45, 7) is 3.90. The average molecular weight is 466 g/mol. The molecule has 0 fully saturated rings. The molecule has 8 nitrogen and oxygen atoms in total. The highest BCUT2D eigenvalue weighted by Gasteiger charge is 2.15. The van der Waals surface area contributed by atoms with E-state index in [4.69, 9.17) is 17.3 Å². The van der Waals surface area contributed by atoms with Crippen LogP contribution in [-0.2, 0) is 6.42 Å².